The highest BCUT2D eigenvalue weighted by Crippen LogP contribution is 2.37. The first kappa shape index (κ1) is 22.8. The number of halogens is 3. The van der Waals surface area contributed by atoms with E-state index in [1.165, 1.54) is 18.9 Å². The Bertz CT molecular complexity index is 614. The zero-order valence-corrected chi connectivity index (χ0v) is 17.6. The third-order valence-corrected chi connectivity index (χ3v) is 5.81. The second-order valence-corrected chi connectivity index (χ2v) is 8.62. The average Bonchev–Trinajstić information content (AvgIpc) is 3.33. The van der Waals surface area contributed by atoms with Crippen LogP contribution in [0.5, 0.6) is 0 Å². The number of alkyl halides is 3. The number of likely N-dealkylation sites (N-methyl/N-ethyl adjacent to an activating group) is 1. The molecule has 5 heteroatoms. The summed E-state index contributed by atoms with van der Waals surface area (Å²) >= 11 is 0. The third kappa shape index (κ3) is 6.84. The van der Waals surface area contributed by atoms with E-state index in [4.69, 9.17) is 0 Å². The van der Waals surface area contributed by atoms with Gasteiger partial charge >= 0.3 is 6.18 Å². The summed E-state index contributed by atoms with van der Waals surface area (Å²) in [5.74, 6) is 1.30. The van der Waals surface area contributed by atoms with Crippen molar-refractivity contribution in [1.29, 1.82) is 0 Å². The van der Waals surface area contributed by atoms with Gasteiger partial charge in [0.25, 0.3) is 0 Å². The van der Waals surface area contributed by atoms with E-state index in [9.17, 15) is 13.2 Å². The standard InChI is InChI=1S/C23H35F3N2/c1-6-7-21(23(24,25)26)20(11-13-28-12-10-18(4)15-28)16-27(5)22(17(2)3)14-19-8-9-19/h6-7,16,18-19,22H,1-2,8-15H2,3-5H3/b20-16-,21-7+. The van der Waals surface area contributed by atoms with Crippen LogP contribution in [0.15, 0.2) is 48.2 Å². The van der Waals surface area contributed by atoms with Gasteiger partial charge in [0.05, 0.1) is 5.57 Å². The summed E-state index contributed by atoms with van der Waals surface area (Å²) in [5, 5.41) is 0. The minimum absolute atomic E-state index is 0.0764. The second-order valence-electron chi connectivity index (χ2n) is 8.62. The van der Waals surface area contributed by atoms with Crippen LogP contribution >= 0.6 is 0 Å². The molecule has 0 N–H and O–H groups in total. The molecule has 0 aromatic heterocycles. The van der Waals surface area contributed by atoms with Crippen molar-refractivity contribution in [3.8, 4) is 0 Å². The molecule has 0 spiro atoms. The predicted octanol–water partition coefficient (Wildman–Crippen LogP) is 5.95. The van der Waals surface area contributed by atoms with Gasteiger partial charge in [-0.2, -0.15) is 13.2 Å². The molecule has 1 aliphatic heterocycles. The minimum atomic E-state index is -4.39. The Kier molecular flexibility index (Phi) is 7.99. The molecule has 28 heavy (non-hydrogen) atoms. The predicted molar refractivity (Wildman–Crippen MR) is 111 cm³/mol. The van der Waals surface area contributed by atoms with E-state index in [2.05, 4.69) is 25.0 Å². The van der Waals surface area contributed by atoms with E-state index in [1.807, 2.05) is 18.9 Å². The fraction of sp³-hybridized carbons (Fsp3) is 0.652. The molecule has 2 nitrogen and oxygen atoms in total. The van der Waals surface area contributed by atoms with Crippen molar-refractivity contribution in [1.82, 2.24) is 9.80 Å². The number of rotatable bonds is 10. The largest absolute Gasteiger partial charge is 0.416 e. The summed E-state index contributed by atoms with van der Waals surface area (Å²) in [4.78, 5) is 4.20. The lowest BCUT2D eigenvalue weighted by Gasteiger charge is -2.30. The first-order chi connectivity index (χ1) is 13.1. The van der Waals surface area contributed by atoms with E-state index < -0.39 is 11.7 Å². The molecule has 1 heterocycles. The van der Waals surface area contributed by atoms with E-state index in [0.29, 0.717) is 30.4 Å². The lowest BCUT2D eigenvalue weighted by atomic mass is 9.99. The third-order valence-electron chi connectivity index (χ3n) is 5.81. The summed E-state index contributed by atoms with van der Waals surface area (Å²) in [6.45, 7) is 14.3. The van der Waals surface area contributed by atoms with Gasteiger partial charge in [0.15, 0.2) is 0 Å². The van der Waals surface area contributed by atoms with Crippen molar-refractivity contribution in [2.45, 2.75) is 58.2 Å². The molecule has 0 aromatic carbocycles. The van der Waals surface area contributed by atoms with Crippen molar-refractivity contribution in [3.63, 3.8) is 0 Å². The van der Waals surface area contributed by atoms with Gasteiger partial charge in [-0.1, -0.05) is 50.6 Å². The van der Waals surface area contributed by atoms with Gasteiger partial charge in [-0.05, 0) is 50.1 Å². The molecule has 0 aromatic rings. The Labute approximate surface area is 168 Å². The fourth-order valence-electron chi connectivity index (χ4n) is 4.00. The number of hydrogen-bond donors (Lipinski definition) is 0. The second kappa shape index (κ2) is 9.82. The number of allylic oxidation sites excluding steroid dienone is 3. The van der Waals surface area contributed by atoms with Gasteiger partial charge in [0.2, 0.25) is 0 Å². The SMILES string of the molecule is C=C/C=C(\C(=C/N(C)C(CC1CC1)C(=C)C)CCN1CCC(C)C1)C(F)(F)F. The highest BCUT2D eigenvalue weighted by atomic mass is 19.4. The molecular weight excluding hydrogens is 361 g/mol. The Morgan fingerprint density at radius 2 is 1.96 bits per heavy atom. The molecule has 1 aliphatic carbocycles. The smallest absolute Gasteiger partial charge is 0.373 e. The monoisotopic (exact) mass is 396 g/mol. The summed E-state index contributed by atoms with van der Waals surface area (Å²) < 4.78 is 41.2. The fourth-order valence-corrected chi connectivity index (χ4v) is 4.00. The van der Waals surface area contributed by atoms with Gasteiger partial charge in [-0.3, -0.25) is 0 Å². The number of nitrogens with zero attached hydrogens (tertiary/aromatic N) is 2. The summed E-state index contributed by atoms with van der Waals surface area (Å²) in [6, 6.07) is 0.0764. The first-order valence-corrected chi connectivity index (χ1v) is 10.3. The molecule has 0 bridgehead atoms. The molecule has 0 amide bonds. The Hall–Kier alpha value is -1.49. The van der Waals surface area contributed by atoms with Crippen LogP contribution in [-0.4, -0.2) is 48.7 Å². The summed E-state index contributed by atoms with van der Waals surface area (Å²) in [7, 11) is 1.88. The van der Waals surface area contributed by atoms with Crippen LogP contribution in [0, 0.1) is 11.8 Å². The molecule has 2 unspecified atom stereocenters. The number of hydrogen-bond acceptors (Lipinski definition) is 2. The zero-order chi connectivity index (χ0) is 20.9. The van der Waals surface area contributed by atoms with Crippen LogP contribution in [0.1, 0.15) is 46.0 Å². The van der Waals surface area contributed by atoms with Crippen LogP contribution in [-0.2, 0) is 0 Å². The summed E-state index contributed by atoms with van der Waals surface area (Å²) in [5.41, 5.74) is 0.740. The first-order valence-electron chi connectivity index (χ1n) is 10.3. The normalized spacial score (nSPS) is 23.0. The van der Waals surface area contributed by atoms with Crippen molar-refractivity contribution in [3.05, 3.63) is 48.2 Å². The topological polar surface area (TPSA) is 6.48 Å². The molecule has 2 rings (SSSR count). The van der Waals surface area contributed by atoms with Crippen molar-refractivity contribution in [2.24, 2.45) is 11.8 Å². The molecule has 158 valence electrons. The zero-order valence-electron chi connectivity index (χ0n) is 17.6. The average molecular weight is 397 g/mol. The molecular formula is C23H35F3N2. The Balaban J connectivity index is 2.23. The maximum atomic E-state index is 13.7. The van der Waals surface area contributed by atoms with Gasteiger partial charge in [-0.15, -0.1) is 0 Å². The highest BCUT2D eigenvalue weighted by molar-refractivity contribution is 5.37. The Morgan fingerprint density at radius 1 is 1.29 bits per heavy atom. The molecule has 1 saturated heterocycles. The van der Waals surface area contributed by atoms with Crippen LogP contribution in [0.2, 0.25) is 0 Å². The van der Waals surface area contributed by atoms with Crippen molar-refractivity contribution in [2.75, 3.05) is 26.7 Å². The summed E-state index contributed by atoms with van der Waals surface area (Å²) in [6.07, 6.45) is 4.52. The van der Waals surface area contributed by atoms with Crippen LogP contribution < -0.4 is 0 Å². The molecule has 2 atom stereocenters. The lowest BCUT2D eigenvalue weighted by molar-refractivity contribution is -0.0897. The van der Waals surface area contributed by atoms with Crippen LogP contribution in [0.4, 0.5) is 13.2 Å². The maximum Gasteiger partial charge on any atom is 0.416 e. The minimum Gasteiger partial charge on any atom is -0.373 e. The lowest BCUT2D eigenvalue weighted by Crippen LogP contribution is -2.30. The van der Waals surface area contributed by atoms with Crippen molar-refractivity contribution >= 4 is 0 Å². The van der Waals surface area contributed by atoms with Crippen LogP contribution in [0.3, 0.4) is 0 Å². The van der Waals surface area contributed by atoms with Gasteiger partial charge < -0.3 is 9.80 Å². The quantitative estimate of drug-likeness (QED) is 0.332. The van der Waals surface area contributed by atoms with E-state index in [1.54, 1.807) is 6.20 Å². The van der Waals surface area contributed by atoms with Crippen molar-refractivity contribution < 1.29 is 13.2 Å². The highest BCUT2D eigenvalue weighted by Gasteiger charge is 2.36. The molecule has 0 radical (unpaired) electrons. The van der Waals surface area contributed by atoms with E-state index in [-0.39, 0.29) is 6.04 Å². The molecule has 2 fully saturated rings. The van der Waals surface area contributed by atoms with E-state index >= 15 is 0 Å². The van der Waals surface area contributed by atoms with Gasteiger partial charge in [0.1, 0.15) is 0 Å². The van der Waals surface area contributed by atoms with Gasteiger partial charge in [0, 0.05) is 32.4 Å². The Morgan fingerprint density at radius 3 is 2.43 bits per heavy atom. The molecule has 2 aliphatic rings. The van der Waals surface area contributed by atoms with Gasteiger partial charge in [-0.25, -0.2) is 0 Å². The number of likely N-dealkylation sites (tertiary alicyclic amines) is 1. The van der Waals surface area contributed by atoms with E-state index in [0.717, 1.165) is 37.6 Å². The maximum absolute atomic E-state index is 13.7. The van der Waals surface area contributed by atoms with Crippen LogP contribution in [0.25, 0.3) is 0 Å². The molecule has 1 saturated carbocycles.